The van der Waals surface area contributed by atoms with Gasteiger partial charge in [-0.25, -0.2) is 0 Å². The Hall–Kier alpha value is -1.16. The first-order valence-electron chi connectivity index (χ1n) is 5.92. The number of nitrogens with two attached hydrogens (primary N) is 1. The molecule has 3 N–H and O–H groups in total. The van der Waals surface area contributed by atoms with Crippen molar-refractivity contribution in [1.29, 1.82) is 0 Å². The van der Waals surface area contributed by atoms with Crippen molar-refractivity contribution in [2.45, 2.75) is 25.8 Å². The fourth-order valence-corrected chi connectivity index (χ4v) is 3.07. The molecule has 0 aromatic heterocycles. The van der Waals surface area contributed by atoms with Crippen molar-refractivity contribution in [2.24, 2.45) is 0 Å². The zero-order valence-corrected chi connectivity index (χ0v) is 10.8. The predicted molar refractivity (Wildman–Crippen MR) is 73.4 cm³/mol. The second-order valence-electron chi connectivity index (χ2n) is 4.42. The first-order chi connectivity index (χ1) is 8.18. The van der Waals surface area contributed by atoms with E-state index in [0.29, 0.717) is 17.3 Å². The van der Waals surface area contributed by atoms with Crippen LogP contribution in [0.5, 0.6) is 0 Å². The molecule has 1 atom stereocenters. The van der Waals surface area contributed by atoms with E-state index in [1.54, 1.807) is 6.07 Å². The summed E-state index contributed by atoms with van der Waals surface area (Å²) in [7, 11) is 0. The van der Waals surface area contributed by atoms with Crippen molar-refractivity contribution < 1.29 is 4.79 Å². The van der Waals surface area contributed by atoms with Gasteiger partial charge in [0.2, 0.25) is 0 Å². The Balaban J connectivity index is 2.06. The number of para-hydroxylation sites is 1. The maximum Gasteiger partial charge on any atom is 0.253 e. The molecule has 92 valence electrons. The molecule has 0 spiro atoms. The fourth-order valence-electron chi connectivity index (χ4n) is 2.00. The van der Waals surface area contributed by atoms with E-state index in [0.717, 1.165) is 17.7 Å². The lowest BCUT2D eigenvalue weighted by atomic mass is 10.1. The van der Waals surface area contributed by atoms with Gasteiger partial charge in [0.1, 0.15) is 0 Å². The van der Waals surface area contributed by atoms with Gasteiger partial charge in [0, 0.05) is 17.5 Å². The van der Waals surface area contributed by atoms with Crippen LogP contribution in [0.3, 0.4) is 0 Å². The Bertz CT molecular complexity index is 414. The summed E-state index contributed by atoms with van der Waals surface area (Å²) in [6.45, 7) is 1.92. The molecule has 0 bridgehead atoms. The van der Waals surface area contributed by atoms with Crippen LogP contribution < -0.4 is 11.1 Å². The molecule has 4 heteroatoms. The number of rotatable bonds is 2. The topological polar surface area (TPSA) is 55.1 Å². The molecule has 1 aromatic carbocycles. The molecule has 3 nitrogen and oxygen atoms in total. The number of anilines is 1. The van der Waals surface area contributed by atoms with E-state index in [1.165, 1.54) is 12.2 Å². The normalized spacial score (nSPS) is 19.9. The van der Waals surface area contributed by atoms with Crippen LogP contribution in [0.1, 0.15) is 28.8 Å². The molecule has 1 heterocycles. The number of benzene rings is 1. The van der Waals surface area contributed by atoms with Crippen molar-refractivity contribution in [1.82, 2.24) is 5.32 Å². The summed E-state index contributed by atoms with van der Waals surface area (Å²) in [6, 6.07) is 5.87. The van der Waals surface area contributed by atoms with Gasteiger partial charge in [-0.05, 0) is 37.1 Å². The SMILES string of the molecule is Cc1cccc(C(=O)NC2CCCSC2)c1N. The number of carbonyl (C=O) groups is 1. The van der Waals surface area contributed by atoms with Crippen LogP contribution in [-0.2, 0) is 0 Å². The Morgan fingerprint density at radius 2 is 2.35 bits per heavy atom. The summed E-state index contributed by atoms with van der Waals surface area (Å²) in [5, 5.41) is 3.06. The van der Waals surface area contributed by atoms with E-state index >= 15 is 0 Å². The van der Waals surface area contributed by atoms with Gasteiger partial charge in [-0.1, -0.05) is 12.1 Å². The molecule has 17 heavy (non-hydrogen) atoms. The first kappa shape index (κ1) is 12.3. The molecule has 1 aliphatic rings. The number of nitrogens with one attached hydrogen (secondary N) is 1. The third-order valence-electron chi connectivity index (χ3n) is 3.06. The number of hydrogen-bond acceptors (Lipinski definition) is 3. The average Bonchev–Trinajstić information content (AvgIpc) is 2.34. The average molecular weight is 250 g/mol. The molecule has 1 saturated heterocycles. The van der Waals surface area contributed by atoms with Crippen LogP contribution in [0.25, 0.3) is 0 Å². The van der Waals surface area contributed by atoms with Crippen molar-refractivity contribution >= 4 is 23.4 Å². The summed E-state index contributed by atoms with van der Waals surface area (Å²) in [5.74, 6) is 2.18. The van der Waals surface area contributed by atoms with Crippen LogP contribution in [0.2, 0.25) is 0 Å². The molecular weight excluding hydrogens is 232 g/mol. The third-order valence-corrected chi connectivity index (χ3v) is 4.28. The van der Waals surface area contributed by atoms with Crippen LogP contribution in [0.4, 0.5) is 5.69 Å². The van der Waals surface area contributed by atoms with Gasteiger partial charge in [0.05, 0.1) is 5.56 Å². The number of hydrogen-bond donors (Lipinski definition) is 2. The summed E-state index contributed by atoms with van der Waals surface area (Å²) in [6.07, 6.45) is 2.25. The number of thioether (sulfide) groups is 1. The molecule has 2 rings (SSSR count). The van der Waals surface area contributed by atoms with E-state index in [1.807, 2.05) is 30.8 Å². The number of nitrogen functional groups attached to an aromatic ring is 1. The maximum absolute atomic E-state index is 12.1. The van der Waals surface area contributed by atoms with Gasteiger partial charge in [0.15, 0.2) is 0 Å². The standard InChI is InChI=1S/C13H18N2OS/c1-9-4-2-6-11(12(9)14)13(16)15-10-5-3-7-17-8-10/h2,4,6,10H,3,5,7-8,14H2,1H3,(H,15,16). The lowest BCUT2D eigenvalue weighted by molar-refractivity contribution is 0.0939. The van der Waals surface area contributed by atoms with Crippen LogP contribution >= 0.6 is 11.8 Å². The lowest BCUT2D eigenvalue weighted by Crippen LogP contribution is -2.38. The molecule has 0 radical (unpaired) electrons. The fraction of sp³-hybridized carbons (Fsp3) is 0.462. The first-order valence-corrected chi connectivity index (χ1v) is 7.07. The number of amides is 1. The molecule has 0 aliphatic carbocycles. The smallest absolute Gasteiger partial charge is 0.253 e. The second-order valence-corrected chi connectivity index (χ2v) is 5.57. The molecule has 1 unspecified atom stereocenters. The highest BCUT2D eigenvalue weighted by Crippen LogP contribution is 2.19. The van der Waals surface area contributed by atoms with E-state index in [-0.39, 0.29) is 5.91 Å². The third kappa shape index (κ3) is 2.94. The van der Waals surface area contributed by atoms with Gasteiger partial charge in [-0.15, -0.1) is 0 Å². The molecular formula is C13H18N2OS. The highest BCUT2D eigenvalue weighted by atomic mass is 32.2. The number of carbonyl (C=O) groups excluding carboxylic acids is 1. The quantitative estimate of drug-likeness (QED) is 0.791. The van der Waals surface area contributed by atoms with E-state index in [9.17, 15) is 4.79 Å². The summed E-state index contributed by atoms with van der Waals surface area (Å²) < 4.78 is 0. The van der Waals surface area contributed by atoms with Crippen molar-refractivity contribution in [2.75, 3.05) is 17.2 Å². The van der Waals surface area contributed by atoms with Gasteiger partial charge in [-0.2, -0.15) is 11.8 Å². The van der Waals surface area contributed by atoms with Gasteiger partial charge in [-0.3, -0.25) is 4.79 Å². The molecule has 1 aromatic rings. The Morgan fingerprint density at radius 3 is 3.06 bits per heavy atom. The number of aryl methyl sites for hydroxylation is 1. The summed E-state index contributed by atoms with van der Waals surface area (Å²) in [5.41, 5.74) is 8.07. The minimum atomic E-state index is -0.0429. The molecule has 1 amide bonds. The zero-order valence-electron chi connectivity index (χ0n) is 10.0. The highest BCUT2D eigenvalue weighted by molar-refractivity contribution is 7.99. The van der Waals surface area contributed by atoms with Crippen molar-refractivity contribution in [3.8, 4) is 0 Å². The monoisotopic (exact) mass is 250 g/mol. The molecule has 1 fully saturated rings. The summed E-state index contributed by atoms with van der Waals surface area (Å²) in [4.78, 5) is 12.1. The van der Waals surface area contributed by atoms with Gasteiger partial charge < -0.3 is 11.1 Å². The Kier molecular flexibility index (Phi) is 3.94. The van der Waals surface area contributed by atoms with Crippen molar-refractivity contribution in [3.05, 3.63) is 29.3 Å². The van der Waals surface area contributed by atoms with Crippen LogP contribution in [-0.4, -0.2) is 23.5 Å². The van der Waals surface area contributed by atoms with Gasteiger partial charge in [0.25, 0.3) is 5.91 Å². The lowest BCUT2D eigenvalue weighted by Gasteiger charge is -2.22. The largest absolute Gasteiger partial charge is 0.398 e. The minimum absolute atomic E-state index is 0.0429. The van der Waals surface area contributed by atoms with Crippen LogP contribution in [0.15, 0.2) is 18.2 Å². The Morgan fingerprint density at radius 1 is 1.53 bits per heavy atom. The summed E-state index contributed by atoms with van der Waals surface area (Å²) >= 11 is 1.90. The zero-order chi connectivity index (χ0) is 12.3. The minimum Gasteiger partial charge on any atom is -0.398 e. The van der Waals surface area contributed by atoms with Crippen molar-refractivity contribution in [3.63, 3.8) is 0 Å². The van der Waals surface area contributed by atoms with E-state index < -0.39 is 0 Å². The second kappa shape index (κ2) is 5.45. The maximum atomic E-state index is 12.1. The Labute approximate surface area is 106 Å². The highest BCUT2D eigenvalue weighted by Gasteiger charge is 2.18. The molecule has 1 aliphatic heterocycles. The van der Waals surface area contributed by atoms with E-state index in [4.69, 9.17) is 5.73 Å². The molecule has 0 saturated carbocycles. The predicted octanol–water partition coefficient (Wildman–Crippen LogP) is 2.20. The van der Waals surface area contributed by atoms with Gasteiger partial charge >= 0.3 is 0 Å². The van der Waals surface area contributed by atoms with E-state index in [2.05, 4.69) is 5.32 Å². The van der Waals surface area contributed by atoms with Crippen LogP contribution in [0, 0.1) is 6.92 Å².